The fourth-order valence-electron chi connectivity index (χ4n) is 4.20. The minimum absolute atomic E-state index is 0.205. The summed E-state index contributed by atoms with van der Waals surface area (Å²) >= 11 is 0. The molecule has 0 spiro atoms. The van der Waals surface area contributed by atoms with Crippen molar-refractivity contribution in [2.24, 2.45) is 0 Å². The first-order valence-electron chi connectivity index (χ1n) is 8.90. The third-order valence-corrected chi connectivity index (χ3v) is 5.45. The highest BCUT2D eigenvalue weighted by Crippen LogP contribution is 2.52. The first-order chi connectivity index (χ1) is 12.7. The monoisotopic (exact) mass is 341 g/mol. The number of fused-ring (bicyclic) bond motifs is 5. The van der Waals surface area contributed by atoms with E-state index in [1.807, 2.05) is 55.5 Å². The maximum atomic E-state index is 13.0. The van der Waals surface area contributed by atoms with Crippen molar-refractivity contribution in [3.05, 3.63) is 89.5 Å². The molecule has 3 heteroatoms. The van der Waals surface area contributed by atoms with Gasteiger partial charge in [0.1, 0.15) is 17.9 Å². The van der Waals surface area contributed by atoms with Crippen molar-refractivity contribution >= 4 is 17.2 Å². The number of anilines is 2. The molecule has 0 N–H and O–H groups in total. The average molecular weight is 341 g/mol. The second kappa shape index (κ2) is 5.46. The molecule has 0 aromatic heterocycles. The zero-order valence-electron chi connectivity index (χ0n) is 14.6. The van der Waals surface area contributed by atoms with Gasteiger partial charge in [0.25, 0.3) is 0 Å². The van der Waals surface area contributed by atoms with Crippen molar-refractivity contribution in [1.29, 1.82) is 0 Å². The molecule has 26 heavy (non-hydrogen) atoms. The van der Waals surface area contributed by atoms with Gasteiger partial charge in [-0.15, -0.1) is 0 Å². The first kappa shape index (κ1) is 15.2. The summed E-state index contributed by atoms with van der Waals surface area (Å²) in [5, 5.41) is 0. The molecule has 2 aliphatic rings. The number of ketones is 1. The molecule has 1 atom stereocenters. The van der Waals surface area contributed by atoms with E-state index in [4.69, 9.17) is 4.74 Å². The number of Topliss-reactive ketones (excluding diaryl/α,β-unsaturated/α-hetero) is 1. The number of para-hydroxylation sites is 1. The Morgan fingerprint density at radius 2 is 1.73 bits per heavy atom. The highest BCUT2D eigenvalue weighted by atomic mass is 16.5. The molecule has 0 saturated carbocycles. The molecule has 0 amide bonds. The van der Waals surface area contributed by atoms with E-state index >= 15 is 0 Å². The summed E-state index contributed by atoms with van der Waals surface area (Å²) in [6.07, 6.45) is 0.707. The number of ether oxygens (including phenoxy) is 1. The van der Waals surface area contributed by atoms with E-state index in [-0.39, 0.29) is 5.78 Å². The minimum Gasteiger partial charge on any atom is -0.489 e. The Labute approximate surface area is 152 Å². The molecular formula is C23H19NO2. The van der Waals surface area contributed by atoms with E-state index in [1.165, 1.54) is 5.56 Å². The SMILES string of the molecule is CC12Cc3cc(OCc4ccccc4)ccc3N1c1ccccc1C2=O. The molecule has 0 aliphatic carbocycles. The van der Waals surface area contributed by atoms with Gasteiger partial charge in [-0.2, -0.15) is 0 Å². The van der Waals surface area contributed by atoms with Crippen LogP contribution < -0.4 is 9.64 Å². The van der Waals surface area contributed by atoms with Gasteiger partial charge in [0.15, 0.2) is 5.78 Å². The smallest absolute Gasteiger partial charge is 0.190 e. The Bertz CT molecular complexity index is 1010. The lowest BCUT2D eigenvalue weighted by Gasteiger charge is -2.28. The van der Waals surface area contributed by atoms with Gasteiger partial charge in [0, 0.05) is 17.7 Å². The second-order valence-corrected chi connectivity index (χ2v) is 7.20. The molecular weight excluding hydrogens is 322 g/mol. The van der Waals surface area contributed by atoms with Gasteiger partial charge < -0.3 is 9.64 Å². The molecule has 1 unspecified atom stereocenters. The molecule has 2 heterocycles. The zero-order valence-corrected chi connectivity index (χ0v) is 14.6. The predicted molar refractivity (Wildman–Crippen MR) is 102 cm³/mol. The predicted octanol–water partition coefficient (Wildman–Crippen LogP) is 4.91. The van der Waals surface area contributed by atoms with Crippen LogP contribution in [0.1, 0.15) is 28.4 Å². The highest BCUT2D eigenvalue weighted by molar-refractivity contribution is 6.17. The van der Waals surface area contributed by atoms with Crippen molar-refractivity contribution in [2.75, 3.05) is 4.90 Å². The highest BCUT2D eigenvalue weighted by Gasteiger charge is 2.52. The Morgan fingerprint density at radius 1 is 0.962 bits per heavy atom. The van der Waals surface area contributed by atoms with E-state index in [0.717, 1.165) is 28.3 Å². The fraction of sp³-hybridized carbons (Fsp3) is 0.174. The van der Waals surface area contributed by atoms with Crippen molar-refractivity contribution in [1.82, 2.24) is 0 Å². The Balaban J connectivity index is 1.47. The first-order valence-corrected chi connectivity index (χ1v) is 8.90. The number of nitrogens with zero attached hydrogens (tertiary/aromatic N) is 1. The van der Waals surface area contributed by atoms with Crippen LogP contribution in [0.5, 0.6) is 5.75 Å². The molecule has 3 aromatic rings. The van der Waals surface area contributed by atoms with Crippen LogP contribution in [-0.2, 0) is 13.0 Å². The summed E-state index contributed by atoms with van der Waals surface area (Å²) in [7, 11) is 0. The molecule has 5 rings (SSSR count). The Kier molecular flexibility index (Phi) is 3.20. The van der Waals surface area contributed by atoms with Crippen LogP contribution in [0.4, 0.5) is 11.4 Å². The Morgan fingerprint density at radius 3 is 2.58 bits per heavy atom. The van der Waals surface area contributed by atoms with Crippen molar-refractivity contribution in [3.8, 4) is 5.75 Å². The molecule has 3 aromatic carbocycles. The number of carbonyl (C=O) groups is 1. The van der Waals surface area contributed by atoms with E-state index in [9.17, 15) is 4.79 Å². The van der Waals surface area contributed by atoms with Gasteiger partial charge in [-0.3, -0.25) is 4.79 Å². The summed E-state index contributed by atoms with van der Waals surface area (Å²) < 4.78 is 5.97. The summed E-state index contributed by atoms with van der Waals surface area (Å²) in [6, 6.07) is 24.2. The molecule has 0 bridgehead atoms. The molecule has 0 saturated heterocycles. The van der Waals surface area contributed by atoms with Gasteiger partial charge in [0.2, 0.25) is 0 Å². The van der Waals surface area contributed by atoms with Crippen LogP contribution in [0.15, 0.2) is 72.8 Å². The third-order valence-electron chi connectivity index (χ3n) is 5.45. The lowest BCUT2D eigenvalue weighted by Crippen LogP contribution is -2.42. The molecule has 0 fully saturated rings. The number of hydrogen-bond donors (Lipinski definition) is 0. The number of benzene rings is 3. The summed E-state index contributed by atoms with van der Waals surface area (Å²) in [5.41, 5.74) is 4.73. The van der Waals surface area contributed by atoms with Gasteiger partial charge in [-0.1, -0.05) is 42.5 Å². The summed E-state index contributed by atoms with van der Waals surface area (Å²) in [5.74, 6) is 1.05. The van der Waals surface area contributed by atoms with Gasteiger partial charge in [0.05, 0.1) is 5.69 Å². The minimum atomic E-state index is -0.524. The quantitative estimate of drug-likeness (QED) is 0.677. The summed E-state index contributed by atoms with van der Waals surface area (Å²) in [4.78, 5) is 15.2. The number of hydrogen-bond acceptors (Lipinski definition) is 3. The fourth-order valence-corrected chi connectivity index (χ4v) is 4.20. The Hall–Kier alpha value is -3.07. The number of carbonyl (C=O) groups excluding carboxylic acids is 1. The van der Waals surface area contributed by atoms with Crippen LogP contribution in [0.2, 0.25) is 0 Å². The van der Waals surface area contributed by atoms with Crippen LogP contribution in [0, 0.1) is 0 Å². The van der Waals surface area contributed by atoms with Crippen molar-refractivity contribution < 1.29 is 9.53 Å². The normalized spacial score (nSPS) is 19.9. The molecule has 2 aliphatic heterocycles. The van der Waals surface area contributed by atoms with E-state index < -0.39 is 5.54 Å². The zero-order chi connectivity index (χ0) is 17.7. The molecule has 128 valence electrons. The van der Waals surface area contributed by atoms with E-state index in [0.29, 0.717) is 13.0 Å². The third kappa shape index (κ3) is 2.10. The standard InChI is InChI=1S/C23H19NO2/c1-23-14-17-13-18(26-15-16-7-3-2-4-8-16)11-12-20(17)24(23)21-10-6-5-9-19(21)22(23)25/h2-13H,14-15H2,1H3. The topological polar surface area (TPSA) is 29.5 Å². The average Bonchev–Trinajstić information content (AvgIpc) is 3.09. The van der Waals surface area contributed by atoms with Gasteiger partial charge in [-0.05, 0) is 48.4 Å². The van der Waals surface area contributed by atoms with Crippen LogP contribution in [-0.4, -0.2) is 11.3 Å². The maximum absolute atomic E-state index is 13.0. The van der Waals surface area contributed by atoms with Crippen LogP contribution >= 0.6 is 0 Å². The number of rotatable bonds is 3. The van der Waals surface area contributed by atoms with Crippen LogP contribution in [0.25, 0.3) is 0 Å². The summed E-state index contributed by atoms with van der Waals surface area (Å²) in [6.45, 7) is 2.59. The van der Waals surface area contributed by atoms with Crippen LogP contribution in [0.3, 0.4) is 0 Å². The maximum Gasteiger partial charge on any atom is 0.190 e. The lowest BCUT2D eigenvalue weighted by atomic mass is 9.91. The van der Waals surface area contributed by atoms with E-state index in [2.05, 4.69) is 29.2 Å². The van der Waals surface area contributed by atoms with Gasteiger partial charge >= 0.3 is 0 Å². The van der Waals surface area contributed by atoms with E-state index in [1.54, 1.807) is 0 Å². The second-order valence-electron chi connectivity index (χ2n) is 7.20. The lowest BCUT2D eigenvalue weighted by molar-refractivity contribution is 0.0923. The molecule has 0 radical (unpaired) electrons. The van der Waals surface area contributed by atoms with Crippen molar-refractivity contribution in [2.45, 2.75) is 25.5 Å². The van der Waals surface area contributed by atoms with Gasteiger partial charge in [-0.25, -0.2) is 0 Å². The molecule has 3 nitrogen and oxygen atoms in total. The van der Waals surface area contributed by atoms with Crippen molar-refractivity contribution in [3.63, 3.8) is 0 Å². The largest absolute Gasteiger partial charge is 0.489 e.